The molecule has 21 heavy (non-hydrogen) atoms. The van der Waals surface area contributed by atoms with E-state index in [1.165, 1.54) is 22.1 Å². The number of nitrogens with one attached hydrogen (secondary N) is 1. The average molecular weight is 294 g/mol. The minimum atomic E-state index is 0.149. The lowest BCUT2D eigenvalue weighted by atomic mass is 9.94. The van der Waals surface area contributed by atoms with E-state index in [1.807, 2.05) is 12.3 Å². The highest BCUT2D eigenvalue weighted by Gasteiger charge is 2.23. The summed E-state index contributed by atoms with van der Waals surface area (Å²) in [6, 6.07) is 12.6. The highest BCUT2D eigenvalue weighted by atomic mass is 32.1. The molecule has 1 amide bonds. The van der Waals surface area contributed by atoms with Crippen molar-refractivity contribution in [2.45, 2.75) is 12.3 Å². The summed E-state index contributed by atoms with van der Waals surface area (Å²) < 4.78 is 0. The van der Waals surface area contributed by atoms with Gasteiger partial charge in [-0.1, -0.05) is 24.3 Å². The van der Waals surface area contributed by atoms with E-state index in [4.69, 9.17) is 0 Å². The number of benzene rings is 1. The molecule has 104 valence electrons. The van der Waals surface area contributed by atoms with Gasteiger partial charge in [-0.25, -0.2) is 4.98 Å². The highest BCUT2D eigenvalue weighted by Crippen LogP contribution is 2.34. The Bertz CT molecular complexity index is 824. The average Bonchev–Trinajstić information content (AvgIpc) is 3.13. The summed E-state index contributed by atoms with van der Waals surface area (Å²) in [4.78, 5) is 16.9. The van der Waals surface area contributed by atoms with Crippen molar-refractivity contribution in [2.75, 3.05) is 6.54 Å². The van der Waals surface area contributed by atoms with Gasteiger partial charge in [0.15, 0.2) is 0 Å². The number of pyridine rings is 1. The Morgan fingerprint density at radius 2 is 2.19 bits per heavy atom. The van der Waals surface area contributed by atoms with Crippen molar-refractivity contribution in [2.24, 2.45) is 0 Å². The molecule has 1 saturated heterocycles. The lowest BCUT2D eigenvalue weighted by Gasteiger charge is -2.09. The van der Waals surface area contributed by atoms with Crippen molar-refractivity contribution in [1.29, 1.82) is 0 Å². The molecular formula is C17H14N2OS. The molecule has 1 aliphatic heterocycles. The number of carbonyl (C=O) groups excluding carboxylic acids is 1. The molecule has 1 aromatic carbocycles. The number of hydrogen-bond donors (Lipinski definition) is 1. The van der Waals surface area contributed by atoms with Crippen LogP contribution in [0.3, 0.4) is 0 Å². The van der Waals surface area contributed by atoms with Gasteiger partial charge in [-0.2, -0.15) is 0 Å². The van der Waals surface area contributed by atoms with E-state index in [0.29, 0.717) is 12.3 Å². The maximum absolute atomic E-state index is 11.4. The summed E-state index contributed by atoms with van der Waals surface area (Å²) in [6.07, 6.45) is 2.42. The van der Waals surface area contributed by atoms with E-state index < -0.39 is 0 Å². The summed E-state index contributed by atoms with van der Waals surface area (Å²) >= 11 is 1.67. The molecule has 0 radical (unpaired) electrons. The van der Waals surface area contributed by atoms with Crippen molar-refractivity contribution in [3.63, 3.8) is 0 Å². The molecule has 1 N–H and O–H groups in total. The first-order valence-corrected chi connectivity index (χ1v) is 7.88. The summed E-state index contributed by atoms with van der Waals surface area (Å²) in [6.45, 7) is 0.744. The minimum absolute atomic E-state index is 0.149. The first-order chi connectivity index (χ1) is 10.3. The lowest BCUT2D eigenvalue weighted by Crippen LogP contribution is -2.13. The van der Waals surface area contributed by atoms with Gasteiger partial charge in [0.25, 0.3) is 0 Å². The second kappa shape index (κ2) is 4.97. The standard InChI is InChI=1S/C17H14N2OS/c20-16-8-13(9-19-16)11-3-1-4-12(7-11)15-10-21-17-14(15)5-2-6-18-17/h1-7,10,13H,8-9H2,(H,19,20). The van der Waals surface area contributed by atoms with Gasteiger partial charge in [-0.05, 0) is 23.3 Å². The lowest BCUT2D eigenvalue weighted by molar-refractivity contribution is -0.119. The quantitative estimate of drug-likeness (QED) is 0.785. The Hall–Kier alpha value is -2.20. The minimum Gasteiger partial charge on any atom is -0.355 e. The Balaban J connectivity index is 1.77. The monoisotopic (exact) mass is 294 g/mol. The molecule has 0 aliphatic carbocycles. The fourth-order valence-corrected chi connectivity index (χ4v) is 3.81. The van der Waals surface area contributed by atoms with Crippen LogP contribution in [0.1, 0.15) is 17.9 Å². The first-order valence-electron chi connectivity index (χ1n) is 7.00. The first kappa shape index (κ1) is 12.5. The maximum atomic E-state index is 11.4. The van der Waals surface area contributed by atoms with Crippen LogP contribution >= 0.6 is 11.3 Å². The van der Waals surface area contributed by atoms with Crippen molar-refractivity contribution in [3.8, 4) is 11.1 Å². The van der Waals surface area contributed by atoms with Crippen LogP contribution < -0.4 is 5.32 Å². The predicted molar refractivity (Wildman–Crippen MR) is 85.4 cm³/mol. The number of thiophene rings is 1. The van der Waals surface area contributed by atoms with Crippen LogP contribution in [0.15, 0.2) is 48.0 Å². The van der Waals surface area contributed by atoms with E-state index in [9.17, 15) is 4.79 Å². The Kier molecular flexibility index (Phi) is 2.97. The number of fused-ring (bicyclic) bond motifs is 1. The van der Waals surface area contributed by atoms with Gasteiger partial charge in [0.2, 0.25) is 5.91 Å². The second-order valence-corrected chi connectivity index (χ2v) is 6.19. The highest BCUT2D eigenvalue weighted by molar-refractivity contribution is 7.17. The number of aromatic nitrogens is 1. The molecule has 0 saturated carbocycles. The molecule has 3 aromatic rings. The molecule has 4 rings (SSSR count). The largest absolute Gasteiger partial charge is 0.355 e. The van der Waals surface area contributed by atoms with Gasteiger partial charge in [0, 0.05) is 41.4 Å². The fourth-order valence-electron chi connectivity index (χ4n) is 2.89. The molecule has 2 aromatic heterocycles. The Morgan fingerprint density at radius 3 is 3.05 bits per heavy atom. The van der Waals surface area contributed by atoms with E-state index in [-0.39, 0.29) is 5.91 Å². The summed E-state index contributed by atoms with van der Waals surface area (Å²) in [7, 11) is 0. The van der Waals surface area contributed by atoms with Crippen LogP contribution in [0.25, 0.3) is 21.3 Å². The third kappa shape index (κ3) is 2.21. The van der Waals surface area contributed by atoms with Gasteiger partial charge >= 0.3 is 0 Å². The summed E-state index contributed by atoms with van der Waals surface area (Å²) in [5, 5.41) is 6.26. The number of nitrogens with zero attached hydrogens (tertiary/aromatic N) is 1. The Morgan fingerprint density at radius 1 is 1.24 bits per heavy atom. The zero-order chi connectivity index (χ0) is 14.2. The van der Waals surface area contributed by atoms with Crippen molar-refractivity contribution in [1.82, 2.24) is 10.3 Å². The smallest absolute Gasteiger partial charge is 0.220 e. The van der Waals surface area contributed by atoms with Gasteiger partial charge in [-0.15, -0.1) is 11.3 Å². The number of amides is 1. The van der Waals surface area contributed by atoms with Crippen molar-refractivity contribution < 1.29 is 4.79 Å². The van der Waals surface area contributed by atoms with E-state index in [1.54, 1.807) is 11.3 Å². The maximum Gasteiger partial charge on any atom is 0.220 e. The molecule has 3 heterocycles. The van der Waals surface area contributed by atoms with Gasteiger partial charge < -0.3 is 5.32 Å². The summed E-state index contributed by atoms with van der Waals surface area (Å²) in [5.74, 6) is 0.441. The second-order valence-electron chi connectivity index (χ2n) is 5.34. The van der Waals surface area contributed by atoms with E-state index in [0.717, 1.165) is 11.4 Å². The number of rotatable bonds is 2. The van der Waals surface area contributed by atoms with E-state index in [2.05, 4.69) is 46.0 Å². The van der Waals surface area contributed by atoms with Crippen molar-refractivity contribution in [3.05, 3.63) is 53.5 Å². The Labute approximate surface area is 126 Å². The normalized spacial score (nSPS) is 18.1. The molecule has 3 nitrogen and oxygen atoms in total. The third-order valence-electron chi connectivity index (χ3n) is 4.00. The van der Waals surface area contributed by atoms with Gasteiger partial charge in [0.1, 0.15) is 4.83 Å². The van der Waals surface area contributed by atoms with Gasteiger partial charge in [0.05, 0.1) is 0 Å². The molecular weight excluding hydrogens is 280 g/mol. The molecule has 4 heteroatoms. The van der Waals surface area contributed by atoms with Crippen molar-refractivity contribution >= 4 is 27.5 Å². The topological polar surface area (TPSA) is 42.0 Å². The van der Waals surface area contributed by atoms with Crippen LogP contribution in [-0.2, 0) is 4.79 Å². The number of carbonyl (C=O) groups is 1. The summed E-state index contributed by atoms with van der Waals surface area (Å²) in [5.41, 5.74) is 3.66. The zero-order valence-corrected chi connectivity index (χ0v) is 12.2. The molecule has 1 atom stereocenters. The van der Waals surface area contributed by atoms with Crippen LogP contribution in [-0.4, -0.2) is 17.4 Å². The number of hydrogen-bond acceptors (Lipinski definition) is 3. The SMILES string of the molecule is O=C1CC(c2cccc(-c3csc4ncccc34)c2)CN1. The molecule has 1 unspecified atom stereocenters. The van der Waals surface area contributed by atoms with Gasteiger partial charge in [-0.3, -0.25) is 4.79 Å². The van der Waals surface area contributed by atoms with Crippen LogP contribution in [0.4, 0.5) is 0 Å². The fraction of sp³-hybridized carbons (Fsp3) is 0.176. The molecule has 1 aliphatic rings. The van der Waals surface area contributed by atoms with Crippen LogP contribution in [0, 0.1) is 0 Å². The van der Waals surface area contributed by atoms with Crippen LogP contribution in [0.5, 0.6) is 0 Å². The van der Waals surface area contributed by atoms with E-state index >= 15 is 0 Å². The third-order valence-corrected chi connectivity index (χ3v) is 4.90. The molecule has 0 bridgehead atoms. The predicted octanol–water partition coefficient (Wildman–Crippen LogP) is 3.57. The molecule has 0 spiro atoms. The van der Waals surface area contributed by atoms with Crippen LogP contribution in [0.2, 0.25) is 0 Å². The molecule has 1 fully saturated rings. The zero-order valence-electron chi connectivity index (χ0n) is 11.4.